The summed E-state index contributed by atoms with van der Waals surface area (Å²) in [4.78, 5) is 36.9. The number of hydrogen-bond acceptors (Lipinski definition) is 9. The van der Waals surface area contributed by atoms with Crippen molar-refractivity contribution >= 4 is 23.9 Å². The summed E-state index contributed by atoms with van der Waals surface area (Å²) in [5.41, 5.74) is -3.26. The van der Waals surface area contributed by atoms with Gasteiger partial charge in [-0.25, -0.2) is 4.79 Å². The Morgan fingerprint density at radius 1 is 1.44 bits per heavy atom. The Morgan fingerprint density at radius 2 is 2.04 bits per heavy atom. The summed E-state index contributed by atoms with van der Waals surface area (Å²) >= 11 is 0. The summed E-state index contributed by atoms with van der Waals surface area (Å²) in [7, 11) is 0. The molecule has 11 heteroatoms. The molecule has 0 spiro atoms. The van der Waals surface area contributed by atoms with Gasteiger partial charge in [0.25, 0.3) is 0 Å². The quantitative estimate of drug-likeness (QED) is 0.217. The maximum atomic E-state index is 11.4. The molecule has 4 atom stereocenters. The minimum absolute atomic E-state index is 0.132. The third-order valence-corrected chi connectivity index (χ3v) is 3.68. The highest BCUT2D eigenvalue weighted by Crippen LogP contribution is 2.30. The van der Waals surface area contributed by atoms with Crippen LogP contribution in [0.3, 0.4) is 0 Å². The number of hydrogen-bond donors (Lipinski definition) is 7. The molecule has 0 bridgehead atoms. The monoisotopic (exact) mass is 360 g/mol. The van der Waals surface area contributed by atoms with Gasteiger partial charge in [0.1, 0.15) is 18.2 Å². The van der Waals surface area contributed by atoms with Gasteiger partial charge in [-0.3, -0.25) is 14.6 Å². The molecule has 0 aromatic heterocycles. The number of aliphatic hydroxyl groups excluding tert-OH is 3. The van der Waals surface area contributed by atoms with Gasteiger partial charge in [0.15, 0.2) is 12.3 Å². The molecule has 0 saturated heterocycles. The van der Waals surface area contributed by atoms with Gasteiger partial charge >= 0.3 is 11.9 Å². The van der Waals surface area contributed by atoms with Crippen molar-refractivity contribution in [1.29, 1.82) is 0 Å². The van der Waals surface area contributed by atoms with Crippen molar-refractivity contribution in [3.8, 4) is 0 Å². The van der Waals surface area contributed by atoms with Crippen molar-refractivity contribution in [3.63, 3.8) is 0 Å². The van der Waals surface area contributed by atoms with Crippen LogP contribution in [-0.4, -0.2) is 91.6 Å². The number of rotatable bonds is 8. The van der Waals surface area contributed by atoms with Gasteiger partial charge < -0.3 is 36.0 Å². The second kappa shape index (κ2) is 8.16. The van der Waals surface area contributed by atoms with E-state index in [9.17, 15) is 34.8 Å². The Kier molecular flexibility index (Phi) is 6.76. The Labute approximate surface area is 141 Å². The zero-order valence-electron chi connectivity index (χ0n) is 13.3. The lowest BCUT2D eigenvalue weighted by molar-refractivity contribution is -0.141. The maximum Gasteiger partial charge on any atom is 0.331 e. The van der Waals surface area contributed by atoms with Crippen LogP contribution in [0, 0.1) is 0 Å². The first-order valence-electron chi connectivity index (χ1n) is 7.21. The standard InChI is InChI=1S/C14H20N2O9/c1-6(19)10(13(23)24)16-11-7(4-17)8(15-3-9(20)21)2-14(25,5-18)12(11)22/h4,6,10,12,15,18-19,22,25H,2-3,5H2,1H3,(H,20,21)(H,23,24)/t6?,10?,12-,14+/m0/s1. The van der Waals surface area contributed by atoms with Crippen LogP contribution in [0.2, 0.25) is 0 Å². The van der Waals surface area contributed by atoms with E-state index in [-0.39, 0.29) is 17.6 Å². The smallest absolute Gasteiger partial charge is 0.331 e. The summed E-state index contributed by atoms with van der Waals surface area (Å²) in [6.45, 7) is -0.468. The molecule has 140 valence electrons. The van der Waals surface area contributed by atoms with E-state index in [1.807, 2.05) is 0 Å². The fraction of sp³-hybridized carbons (Fsp3) is 0.571. The Balaban J connectivity index is 3.50. The molecular weight excluding hydrogens is 340 g/mol. The van der Waals surface area contributed by atoms with Crippen LogP contribution in [0.5, 0.6) is 0 Å². The van der Waals surface area contributed by atoms with Gasteiger partial charge in [-0.05, 0) is 6.92 Å². The lowest BCUT2D eigenvalue weighted by Crippen LogP contribution is -2.56. The van der Waals surface area contributed by atoms with Gasteiger partial charge in [-0.2, -0.15) is 0 Å². The van der Waals surface area contributed by atoms with E-state index in [1.165, 1.54) is 0 Å². The van der Waals surface area contributed by atoms with Gasteiger partial charge in [0, 0.05) is 12.1 Å². The summed E-state index contributed by atoms with van der Waals surface area (Å²) in [6.07, 6.45) is -3.68. The van der Waals surface area contributed by atoms with Crippen molar-refractivity contribution in [3.05, 3.63) is 11.3 Å². The SMILES string of the molecule is CC(O)C(N=C1C(C=O)=C(NCC(=O)O)C[C@@](O)(CO)[C@H]1O)C(=O)O. The van der Waals surface area contributed by atoms with Crippen LogP contribution in [0.25, 0.3) is 0 Å². The molecule has 0 aliphatic heterocycles. The Hall–Kier alpha value is -2.34. The molecule has 2 unspecified atom stereocenters. The summed E-state index contributed by atoms with van der Waals surface area (Å²) in [5.74, 6) is -2.82. The number of aliphatic hydroxyl groups is 4. The summed E-state index contributed by atoms with van der Waals surface area (Å²) in [6, 6.07) is -1.75. The molecule has 0 amide bonds. The molecule has 7 N–H and O–H groups in total. The van der Waals surface area contributed by atoms with Crippen LogP contribution in [0.1, 0.15) is 13.3 Å². The van der Waals surface area contributed by atoms with Crippen molar-refractivity contribution in [2.45, 2.75) is 37.2 Å². The van der Waals surface area contributed by atoms with E-state index in [2.05, 4.69) is 10.3 Å². The number of aliphatic carboxylic acids is 2. The van der Waals surface area contributed by atoms with E-state index in [0.29, 0.717) is 0 Å². The molecule has 1 aliphatic carbocycles. The van der Waals surface area contributed by atoms with Crippen molar-refractivity contribution in [1.82, 2.24) is 5.32 Å². The fourth-order valence-electron chi connectivity index (χ4n) is 2.33. The maximum absolute atomic E-state index is 11.4. The molecule has 0 fully saturated rings. The topological polar surface area (TPSA) is 197 Å². The van der Waals surface area contributed by atoms with Crippen LogP contribution in [0.4, 0.5) is 0 Å². The lowest BCUT2D eigenvalue weighted by atomic mass is 9.79. The molecule has 1 aliphatic rings. The van der Waals surface area contributed by atoms with Crippen LogP contribution < -0.4 is 5.32 Å². The summed E-state index contributed by atoms with van der Waals surface area (Å²) in [5, 5.41) is 59.6. The first-order chi connectivity index (χ1) is 11.6. The third kappa shape index (κ3) is 4.60. The van der Waals surface area contributed by atoms with Gasteiger partial charge in [0.2, 0.25) is 0 Å². The van der Waals surface area contributed by atoms with Gasteiger partial charge in [0.05, 0.1) is 24.0 Å². The number of aldehydes is 1. The second-order valence-electron chi connectivity index (χ2n) is 5.64. The lowest BCUT2D eigenvalue weighted by Gasteiger charge is -2.38. The van der Waals surface area contributed by atoms with E-state index in [1.54, 1.807) is 0 Å². The number of carbonyl (C=O) groups excluding carboxylic acids is 1. The molecule has 25 heavy (non-hydrogen) atoms. The van der Waals surface area contributed by atoms with Gasteiger partial charge in [-0.15, -0.1) is 0 Å². The minimum Gasteiger partial charge on any atom is -0.480 e. The van der Waals surface area contributed by atoms with Crippen molar-refractivity contribution < 1.29 is 45.0 Å². The fourth-order valence-corrected chi connectivity index (χ4v) is 2.33. The third-order valence-electron chi connectivity index (χ3n) is 3.68. The zero-order valence-corrected chi connectivity index (χ0v) is 13.3. The average Bonchev–Trinajstić information content (AvgIpc) is 2.53. The van der Waals surface area contributed by atoms with E-state index in [4.69, 9.17) is 10.2 Å². The number of carboxylic acid groups (broad SMARTS) is 2. The minimum atomic E-state index is -2.21. The highest BCUT2D eigenvalue weighted by Gasteiger charge is 2.46. The van der Waals surface area contributed by atoms with E-state index < -0.39 is 61.1 Å². The predicted molar refractivity (Wildman–Crippen MR) is 81.9 cm³/mol. The average molecular weight is 360 g/mol. The largest absolute Gasteiger partial charge is 0.480 e. The molecule has 0 aromatic carbocycles. The molecule has 0 saturated carbocycles. The summed E-state index contributed by atoms with van der Waals surface area (Å²) < 4.78 is 0. The number of aliphatic imine (C=N–C) groups is 1. The number of carboxylic acids is 2. The molecular formula is C14H20N2O9. The van der Waals surface area contributed by atoms with Crippen molar-refractivity contribution in [2.24, 2.45) is 4.99 Å². The highest BCUT2D eigenvalue weighted by atomic mass is 16.4. The van der Waals surface area contributed by atoms with E-state index >= 15 is 0 Å². The van der Waals surface area contributed by atoms with Crippen LogP contribution in [0.15, 0.2) is 16.3 Å². The molecule has 0 heterocycles. The number of carbonyl (C=O) groups is 3. The normalized spacial score (nSPS) is 27.7. The van der Waals surface area contributed by atoms with Crippen LogP contribution in [-0.2, 0) is 14.4 Å². The molecule has 0 radical (unpaired) electrons. The van der Waals surface area contributed by atoms with Gasteiger partial charge in [-0.1, -0.05) is 0 Å². The number of nitrogens with zero attached hydrogens (tertiary/aromatic N) is 1. The predicted octanol–water partition coefficient (Wildman–Crippen LogP) is -3.12. The van der Waals surface area contributed by atoms with E-state index in [0.717, 1.165) is 6.92 Å². The van der Waals surface area contributed by atoms with Crippen LogP contribution >= 0.6 is 0 Å². The molecule has 1 rings (SSSR count). The second-order valence-corrected chi connectivity index (χ2v) is 5.64. The Morgan fingerprint density at radius 3 is 2.44 bits per heavy atom. The Bertz CT molecular complexity index is 613. The molecule has 0 aromatic rings. The zero-order chi connectivity index (χ0) is 19.4. The number of nitrogens with one attached hydrogen (secondary N) is 1. The molecule has 11 nitrogen and oxygen atoms in total. The first-order valence-corrected chi connectivity index (χ1v) is 7.21. The first kappa shape index (κ1) is 20.7. The van der Waals surface area contributed by atoms with Crippen molar-refractivity contribution in [2.75, 3.05) is 13.2 Å². The highest BCUT2D eigenvalue weighted by molar-refractivity contribution is 6.19.